The highest BCUT2D eigenvalue weighted by Gasteiger charge is 2.10. The summed E-state index contributed by atoms with van der Waals surface area (Å²) < 4.78 is 10.9. The Balaban J connectivity index is 2.30. The number of aliphatic hydroxyl groups is 1. The first-order valence-corrected chi connectivity index (χ1v) is 6.34. The second-order valence-electron chi connectivity index (χ2n) is 4.53. The quantitative estimate of drug-likeness (QED) is 0.884. The van der Waals surface area contributed by atoms with E-state index in [1.165, 1.54) is 13.2 Å². The van der Waals surface area contributed by atoms with Crippen molar-refractivity contribution in [1.82, 2.24) is 0 Å². The van der Waals surface area contributed by atoms with Crippen LogP contribution in [-0.4, -0.2) is 23.3 Å². The molecule has 0 saturated heterocycles. The fraction of sp³-hybridized carbons (Fsp3) is 0.188. The molecule has 21 heavy (non-hydrogen) atoms. The van der Waals surface area contributed by atoms with Gasteiger partial charge in [-0.2, -0.15) is 0 Å². The maximum absolute atomic E-state index is 11.0. The lowest BCUT2D eigenvalue weighted by molar-refractivity contribution is 0.0696. The van der Waals surface area contributed by atoms with E-state index in [-0.39, 0.29) is 12.2 Å². The Labute approximate surface area is 122 Å². The van der Waals surface area contributed by atoms with Crippen molar-refractivity contribution in [2.75, 3.05) is 7.11 Å². The van der Waals surface area contributed by atoms with Crippen LogP contribution in [0.2, 0.25) is 0 Å². The number of ether oxygens (including phenoxy) is 2. The predicted molar refractivity (Wildman–Crippen MR) is 77.1 cm³/mol. The number of aliphatic hydroxyl groups excluding tert-OH is 1. The second kappa shape index (κ2) is 6.28. The zero-order valence-electron chi connectivity index (χ0n) is 11.8. The van der Waals surface area contributed by atoms with Gasteiger partial charge in [0.05, 0.1) is 19.3 Å². The van der Waals surface area contributed by atoms with Crippen molar-refractivity contribution in [1.29, 1.82) is 0 Å². The Morgan fingerprint density at radius 1 is 1.14 bits per heavy atom. The van der Waals surface area contributed by atoms with Gasteiger partial charge < -0.3 is 19.7 Å². The normalized spacial score (nSPS) is 10.2. The standard InChI is InChI=1S/C16H16O5/c1-10-7-12(4-5-13(10)16(18)19)21-14-6-3-11(9-17)8-15(14)20-2/h3-8,17H,9H2,1-2H3,(H,18,19). The van der Waals surface area contributed by atoms with Crippen LogP contribution in [0.15, 0.2) is 36.4 Å². The maximum atomic E-state index is 11.0. The first kappa shape index (κ1) is 14.9. The molecule has 0 unspecified atom stereocenters. The van der Waals surface area contributed by atoms with Gasteiger partial charge in [0.2, 0.25) is 0 Å². The molecule has 0 aliphatic rings. The minimum atomic E-state index is -0.969. The number of carboxylic acids is 1. The number of aryl methyl sites for hydroxylation is 1. The third-order valence-electron chi connectivity index (χ3n) is 3.07. The van der Waals surface area contributed by atoms with E-state index in [1.807, 2.05) is 0 Å². The van der Waals surface area contributed by atoms with Gasteiger partial charge in [-0.05, 0) is 48.4 Å². The van der Waals surface area contributed by atoms with Crippen LogP contribution in [0.5, 0.6) is 17.2 Å². The summed E-state index contributed by atoms with van der Waals surface area (Å²) in [6, 6.07) is 9.87. The highest BCUT2D eigenvalue weighted by Crippen LogP contribution is 2.33. The average Bonchev–Trinajstić information content (AvgIpc) is 2.47. The van der Waals surface area contributed by atoms with Crippen LogP contribution in [0.1, 0.15) is 21.5 Å². The minimum absolute atomic E-state index is 0.0803. The summed E-state index contributed by atoms with van der Waals surface area (Å²) in [7, 11) is 1.52. The fourth-order valence-electron chi connectivity index (χ4n) is 1.96. The van der Waals surface area contributed by atoms with Crippen LogP contribution in [-0.2, 0) is 6.61 Å². The molecule has 2 aromatic rings. The third kappa shape index (κ3) is 3.32. The number of methoxy groups -OCH3 is 1. The Bertz CT molecular complexity index is 664. The van der Waals surface area contributed by atoms with Gasteiger partial charge in [-0.1, -0.05) is 6.07 Å². The zero-order chi connectivity index (χ0) is 15.4. The third-order valence-corrected chi connectivity index (χ3v) is 3.07. The lowest BCUT2D eigenvalue weighted by atomic mass is 10.1. The number of hydrogen-bond donors (Lipinski definition) is 2. The molecule has 0 radical (unpaired) electrons. The molecule has 0 aromatic heterocycles. The molecule has 2 aromatic carbocycles. The van der Waals surface area contributed by atoms with Crippen molar-refractivity contribution >= 4 is 5.97 Å². The molecule has 0 bridgehead atoms. The number of hydrogen-bond acceptors (Lipinski definition) is 4. The van der Waals surface area contributed by atoms with E-state index in [9.17, 15) is 4.79 Å². The van der Waals surface area contributed by atoms with Gasteiger partial charge in [0, 0.05) is 0 Å². The molecule has 2 N–H and O–H groups in total. The van der Waals surface area contributed by atoms with E-state index < -0.39 is 5.97 Å². The van der Waals surface area contributed by atoms with Gasteiger partial charge in [-0.25, -0.2) is 4.79 Å². The van der Waals surface area contributed by atoms with Crippen molar-refractivity contribution in [2.45, 2.75) is 13.5 Å². The number of rotatable bonds is 5. The van der Waals surface area contributed by atoms with Crippen LogP contribution < -0.4 is 9.47 Å². The van der Waals surface area contributed by atoms with Crippen LogP contribution in [0.3, 0.4) is 0 Å². The molecule has 0 atom stereocenters. The first-order valence-electron chi connectivity index (χ1n) is 6.34. The Morgan fingerprint density at radius 3 is 2.48 bits per heavy atom. The van der Waals surface area contributed by atoms with Crippen molar-refractivity contribution < 1.29 is 24.5 Å². The highest BCUT2D eigenvalue weighted by atomic mass is 16.5. The lowest BCUT2D eigenvalue weighted by Gasteiger charge is -2.12. The SMILES string of the molecule is COc1cc(CO)ccc1Oc1ccc(C(=O)O)c(C)c1. The van der Waals surface area contributed by atoms with E-state index in [2.05, 4.69) is 0 Å². The molecule has 0 aliphatic carbocycles. The summed E-state index contributed by atoms with van der Waals surface area (Å²) >= 11 is 0. The fourth-order valence-corrected chi connectivity index (χ4v) is 1.96. The molecule has 0 aliphatic heterocycles. The molecule has 110 valence electrons. The van der Waals surface area contributed by atoms with Gasteiger partial charge in [-0.15, -0.1) is 0 Å². The highest BCUT2D eigenvalue weighted by molar-refractivity contribution is 5.89. The molecular formula is C16H16O5. The molecule has 5 heteroatoms. The molecule has 5 nitrogen and oxygen atoms in total. The van der Waals surface area contributed by atoms with Gasteiger partial charge in [-0.3, -0.25) is 0 Å². The summed E-state index contributed by atoms with van der Waals surface area (Å²) in [6.45, 7) is 1.63. The van der Waals surface area contributed by atoms with Gasteiger partial charge in [0.1, 0.15) is 5.75 Å². The van der Waals surface area contributed by atoms with Crippen molar-refractivity contribution in [3.05, 3.63) is 53.1 Å². The Morgan fingerprint density at radius 2 is 1.90 bits per heavy atom. The van der Waals surface area contributed by atoms with Crippen LogP contribution in [0.25, 0.3) is 0 Å². The second-order valence-corrected chi connectivity index (χ2v) is 4.53. The Kier molecular flexibility index (Phi) is 4.45. The molecule has 0 amide bonds. The Hall–Kier alpha value is -2.53. The number of carbonyl (C=O) groups is 1. The summed E-state index contributed by atoms with van der Waals surface area (Å²) in [5.41, 5.74) is 1.58. The number of aromatic carboxylic acids is 1. The molecule has 0 spiro atoms. The van der Waals surface area contributed by atoms with Crippen molar-refractivity contribution in [2.24, 2.45) is 0 Å². The molecule has 2 rings (SSSR count). The van der Waals surface area contributed by atoms with Crippen molar-refractivity contribution in [3.8, 4) is 17.2 Å². The van der Waals surface area contributed by atoms with Gasteiger partial charge in [0.15, 0.2) is 11.5 Å². The number of benzene rings is 2. The summed E-state index contributed by atoms with van der Waals surface area (Å²) in [4.78, 5) is 11.0. The largest absolute Gasteiger partial charge is 0.493 e. The molecule has 0 saturated carbocycles. The van der Waals surface area contributed by atoms with E-state index in [1.54, 1.807) is 37.3 Å². The average molecular weight is 288 g/mol. The maximum Gasteiger partial charge on any atom is 0.335 e. The van der Waals surface area contributed by atoms with E-state index >= 15 is 0 Å². The summed E-state index contributed by atoms with van der Waals surface area (Å²) in [5.74, 6) is 0.551. The van der Waals surface area contributed by atoms with Crippen molar-refractivity contribution in [3.63, 3.8) is 0 Å². The smallest absolute Gasteiger partial charge is 0.335 e. The lowest BCUT2D eigenvalue weighted by Crippen LogP contribution is -1.99. The van der Waals surface area contributed by atoms with E-state index in [4.69, 9.17) is 19.7 Å². The molecule has 0 fully saturated rings. The monoisotopic (exact) mass is 288 g/mol. The van der Waals surface area contributed by atoms with Crippen LogP contribution >= 0.6 is 0 Å². The molecule has 0 heterocycles. The zero-order valence-corrected chi connectivity index (χ0v) is 11.8. The first-order chi connectivity index (χ1) is 10.0. The van der Waals surface area contributed by atoms with Gasteiger partial charge >= 0.3 is 5.97 Å². The summed E-state index contributed by atoms with van der Waals surface area (Å²) in [6.07, 6.45) is 0. The van der Waals surface area contributed by atoms with E-state index in [0.29, 0.717) is 22.8 Å². The molecular weight excluding hydrogens is 272 g/mol. The van der Waals surface area contributed by atoms with Crippen LogP contribution in [0.4, 0.5) is 0 Å². The van der Waals surface area contributed by atoms with Crippen LogP contribution in [0, 0.1) is 6.92 Å². The topological polar surface area (TPSA) is 76.0 Å². The minimum Gasteiger partial charge on any atom is -0.493 e. The predicted octanol–water partition coefficient (Wildman–Crippen LogP) is 2.99. The number of carboxylic acid groups (broad SMARTS) is 1. The van der Waals surface area contributed by atoms with E-state index in [0.717, 1.165) is 5.56 Å². The van der Waals surface area contributed by atoms with Gasteiger partial charge in [0.25, 0.3) is 0 Å². The summed E-state index contributed by atoms with van der Waals surface area (Å²) in [5, 5.41) is 18.1.